The van der Waals surface area contributed by atoms with Crippen LogP contribution in [0.1, 0.15) is 30.1 Å². The molecular weight excluding hydrogens is 308 g/mol. The molecule has 118 valence electrons. The van der Waals surface area contributed by atoms with E-state index in [1.807, 2.05) is 4.90 Å². The third-order valence-corrected chi connectivity index (χ3v) is 4.22. The van der Waals surface area contributed by atoms with Crippen LogP contribution in [0.15, 0.2) is 12.1 Å². The van der Waals surface area contributed by atoms with Crippen molar-refractivity contribution < 1.29 is 19.1 Å². The van der Waals surface area contributed by atoms with Gasteiger partial charge in [0.05, 0.1) is 10.6 Å². The quantitative estimate of drug-likeness (QED) is 0.901. The number of benzene rings is 1. The summed E-state index contributed by atoms with van der Waals surface area (Å²) in [6.07, 6.45) is 1.52. The van der Waals surface area contributed by atoms with Crippen LogP contribution in [-0.2, 0) is 4.79 Å². The summed E-state index contributed by atoms with van der Waals surface area (Å²) in [5.41, 5.74) is 0.412. The molecule has 0 saturated carbocycles. The molecule has 2 heterocycles. The number of carbonyl (C=O) groups excluding carboxylic acids is 2. The third-order valence-electron chi connectivity index (χ3n) is 3.92. The molecule has 1 fully saturated rings. The van der Waals surface area contributed by atoms with Crippen LogP contribution in [0.2, 0.25) is 5.02 Å². The number of hydrogen-bond donors (Lipinski definition) is 1. The van der Waals surface area contributed by atoms with E-state index in [4.69, 9.17) is 21.1 Å². The molecule has 0 aromatic heterocycles. The second-order valence-electron chi connectivity index (χ2n) is 5.40. The SMILES string of the molecule is CC(=O)N1CCC(Oc2cc3c(cc2Cl)C(=O)NCO3)CC1. The monoisotopic (exact) mass is 324 g/mol. The molecule has 0 unspecified atom stereocenters. The van der Waals surface area contributed by atoms with Crippen LogP contribution in [0, 0.1) is 0 Å². The average molecular weight is 325 g/mol. The molecule has 6 nitrogen and oxygen atoms in total. The summed E-state index contributed by atoms with van der Waals surface area (Å²) in [6, 6.07) is 3.22. The Bertz CT molecular complexity index is 612. The second-order valence-corrected chi connectivity index (χ2v) is 5.80. The van der Waals surface area contributed by atoms with E-state index in [-0.39, 0.29) is 24.6 Å². The van der Waals surface area contributed by atoms with Crippen molar-refractivity contribution >= 4 is 23.4 Å². The predicted molar refractivity (Wildman–Crippen MR) is 80.3 cm³/mol. The first-order valence-electron chi connectivity index (χ1n) is 7.21. The lowest BCUT2D eigenvalue weighted by Crippen LogP contribution is -2.40. The van der Waals surface area contributed by atoms with Crippen molar-refractivity contribution in [3.63, 3.8) is 0 Å². The van der Waals surface area contributed by atoms with Crippen LogP contribution in [0.5, 0.6) is 11.5 Å². The van der Waals surface area contributed by atoms with Crippen molar-refractivity contribution in [2.75, 3.05) is 19.8 Å². The van der Waals surface area contributed by atoms with Gasteiger partial charge >= 0.3 is 0 Å². The minimum atomic E-state index is -0.204. The summed E-state index contributed by atoms with van der Waals surface area (Å²) in [6.45, 7) is 3.08. The molecule has 7 heteroatoms. The van der Waals surface area contributed by atoms with Crippen LogP contribution in [-0.4, -0.2) is 42.6 Å². The van der Waals surface area contributed by atoms with Gasteiger partial charge in [0.1, 0.15) is 17.6 Å². The van der Waals surface area contributed by atoms with Crippen molar-refractivity contribution in [3.05, 3.63) is 22.7 Å². The molecule has 0 aliphatic carbocycles. The van der Waals surface area contributed by atoms with Crippen molar-refractivity contribution in [1.82, 2.24) is 10.2 Å². The molecule has 2 aliphatic rings. The number of piperidine rings is 1. The molecule has 0 atom stereocenters. The number of hydrogen-bond acceptors (Lipinski definition) is 4. The summed E-state index contributed by atoms with van der Waals surface area (Å²) in [7, 11) is 0. The van der Waals surface area contributed by atoms with Gasteiger partial charge in [0.25, 0.3) is 5.91 Å². The molecule has 1 saturated heterocycles. The van der Waals surface area contributed by atoms with E-state index in [2.05, 4.69) is 5.32 Å². The topological polar surface area (TPSA) is 67.9 Å². The number of likely N-dealkylation sites (tertiary alicyclic amines) is 1. The highest BCUT2D eigenvalue weighted by atomic mass is 35.5. The minimum Gasteiger partial charge on any atom is -0.489 e. The Labute approximate surface area is 133 Å². The number of rotatable bonds is 2. The zero-order valence-electron chi connectivity index (χ0n) is 12.2. The molecule has 2 aliphatic heterocycles. The van der Waals surface area contributed by atoms with E-state index in [9.17, 15) is 9.59 Å². The van der Waals surface area contributed by atoms with Crippen LogP contribution in [0.3, 0.4) is 0 Å². The Hall–Kier alpha value is -1.95. The summed E-state index contributed by atoms with van der Waals surface area (Å²) >= 11 is 6.20. The molecule has 0 radical (unpaired) electrons. The van der Waals surface area contributed by atoms with Gasteiger partial charge in [-0.1, -0.05) is 11.6 Å². The summed E-state index contributed by atoms with van der Waals surface area (Å²) < 4.78 is 11.3. The standard InChI is InChI=1S/C15H17ClN2O4/c1-9(19)18-4-2-10(3-5-18)22-14-7-13-11(6-12(14)16)15(20)17-8-21-13/h6-7,10H,2-5,8H2,1H3,(H,17,20). The molecule has 0 bridgehead atoms. The van der Waals surface area contributed by atoms with Crippen LogP contribution >= 0.6 is 11.6 Å². The lowest BCUT2D eigenvalue weighted by molar-refractivity contribution is -0.130. The zero-order valence-corrected chi connectivity index (χ0v) is 13.0. The minimum absolute atomic E-state index is 0.00330. The highest BCUT2D eigenvalue weighted by Gasteiger charge is 2.25. The molecule has 0 spiro atoms. The Morgan fingerprint density at radius 3 is 2.82 bits per heavy atom. The first-order valence-corrected chi connectivity index (χ1v) is 7.59. The van der Waals surface area contributed by atoms with Gasteiger partial charge in [0.15, 0.2) is 6.73 Å². The van der Waals surface area contributed by atoms with Crippen LogP contribution in [0.25, 0.3) is 0 Å². The maximum Gasteiger partial charge on any atom is 0.257 e. The first-order chi connectivity index (χ1) is 10.5. The molecule has 1 N–H and O–H groups in total. The van der Waals surface area contributed by atoms with E-state index in [1.54, 1.807) is 19.1 Å². The number of fused-ring (bicyclic) bond motifs is 1. The second kappa shape index (κ2) is 6.04. The van der Waals surface area contributed by atoms with Crippen molar-refractivity contribution in [1.29, 1.82) is 0 Å². The summed E-state index contributed by atoms with van der Waals surface area (Å²) in [5.74, 6) is 0.870. The highest BCUT2D eigenvalue weighted by Crippen LogP contribution is 2.35. The van der Waals surface area contributed by atoms with E-state index < -0.39 is 0 Å². The number of amides is 2. The van der Waals surface area contributed by atoms with E-state index in [0.29, 0.717) is 35.2 Å². The number of halogens is 1. The van der Waals surface area contributed by atoms with Gasteiger partial charge in [-0.15, -0.1) is 0 Å². The van der Waals surface area contributed by atoms with Crippen LogP contribution < -0.4 is 14.8 Å². The largest absolute Gasteiger partial charge is 0.489 e. The van der Waals surface area contributed by atoms with Crippen LogP contribution in [0.4, 0.5) is 0 Å². The van der Waals surface area contributed by atoms with Gasteiger partial charge in [-0.25, -0.2) is 0 Å². The lowest BCUT2D eigenvalue weighted by atomic mass is 10.1. The first kappa shape index (κ1) is 15.0. The molecular formula is C15H17ClN2O4. The van der Waals surface area contributed by atoms with Gasteiger partial charge in [-0.05, 0) is 6.07 Å². The molecule has 3 rings (SSSR count). The summed E-state index contributed by atoms with van der Waals surface area (Å²) in [4.78, 5) is 24.8. The Balaban J connectivity index is 1.71. The van der Waals surface area contributed by atoms with Gasteiger partial charge < -0.3 is 19.7 Å². The zero-order chi connectivity index (χ0) is 15.7. The van der Waals surface area contributed by atoms with Crippen molar-refractivity contribution in [2.45, 2.75) is 25.9 Å². The van der Waals surface area contributed by atoms with Gasteiger partial charge in [-0.3, -0.25) is 9.59 Å². The normalized spacial score (nSPS) is 18.3. The smallest absolute Gasteiger partial charge is 0.257 e. The van der Waals surface area contributed by atoms with E-state index in [0.717, 1.165) is 12.8 Å². The summed E-state index contributed by atoms with van der Waals surface area (Å²) in [5, 5.41) is 2.97. The molecule has 1 aromatic carbocycles. The van der Waals surface area contributed by atoms with Gasteiger partial charge in [0.2, 0.25) is 5.91 Å². The van der Waals surface area contributed by atoms with E-state index >= 15 is 0 Å². The average Bonchev–Trinajstić information content (AvgIpc) is 2.50. The Morgan fingerprint density at radius 1 is 1.41 bits per heavy atom. The fourth-order valence-corrected chi connectivity index (χ4v) is 2.87. The highest BCUT2D eigenvalue weighted by molar-refractivity contribution is 6.32. The fraction of sp³-hybridized carbons (Fsp3) is 0.467. The number of ether oxygens (including phenoxy) is 2. The number of nitrogens with zero attached hydrogens (tertiary/aromatic N) is 1. The molecule has 1 aromatic rings. The Morgan fingerprint density at radius 2 is 2.14 bits per heavy atom. The maximum atomic E-state index is 11.7. The Kier molecular flexibility index (Phi) is 4.11. The van der Waals surface area contributed by atoms with Crippen molar-refractivity contribution in [2.24, 2.45) is 0 Å². The lowest BCUT2D eigenvalue weighted by Gasteiger charge is -2.32. The predicted octanol–water partition coefficient (Wildman–Crippen LogP) is 1.81. The molecule has 2 amide bonds. The van der Waals surface area contributed by atoms with E-state index in [1.165, 1.54) is 0 Å². The number of nitrogens with one attached hydrogen (secondary N) is 1. The number of carbonyl (C=O) groups is 2. The van der Waals surface area contributed by atoms with Gasteiger partial charge in [0, 0.05) is 38.9 Å². The fourth-order valence-electron chi connectivity index (χ4n) is 2.66. The maximum absolute atomic E-state index is 11.7. The molecule has 22 heavy (non-hydrogen) atoms. The third kappa shape index (κ3) is 2.97. The van der Waals surface area contributed by atoms with Crippen molar-refractivity contribution in [3.8, 4) is 11.5 Å². The van der Waals surface area contributed by atoms with Gasteiger partial charge in [-0.2, -0.15) is 0 Å².